The smallest absolute Gasteiger partial charge is 0.412 e. The Morgan fingerprint density at radius 1 is 0.667 bits per heavy atom. The van der Waals surface area contributed by atoms with Gasteiger partial charge >= 0.3 is 18.3 Å². The number of amides is 3. The minimum absolute atomic E-state index is 0.0250. The Balaban J connectivity index is 1.23. The van der Waals surface area contributed by atoms with Crippen LogP contribution in [-0.4, -0.2) is 88.5 Å². The van der Waals surface area contributed by atoms with E-state index in [-0.39, 0.29) is 19.3 Å². The zero-order valence-electron chi connectivity index (χ0n) is 25.5. The summed E-state index contributed by atoms with van der Waals surface area (Å²) in [6.45, 7) is -0.637. The summed E-state index contributed by atoms with van der Waals surface area (Å²) < 4.78 is 54.7. The molecule has 0 saturated carbocycles. The number of aliphatic hydroxyl groups excluding tert-OH is 1. The molecule has 6 rings (SSSR count). The van der Waals surface area contributed by atoms with Gasteiger partial charge in [-0.3, -0.25) is 16.0 Å². The second kappa shape index (κ2) is 14.4. The van der Waals surface area contributed by atoms with Gasteiger partial charge < -0.3 is 52.5 Å². The molecule has 17 nitrogen and oxygen atoms in total. The summed E-state index contributed by atoms with van der Waals surface area (Å²) in [5, 5.41) is 17.9. The molecule has 17 heteroatoms. The molecule has 3 aromatic carbocycles. The first-order valence-electron chi connectivity index (χ1n) is 14.5. The molecule has 3 aliphatic rings. The van der Waals surface area contributed by atoms with E-state index in [4.69, 9.17) is 47.4 Å². The second-order valence-electron chi connectivity index (χ2n) is 10.3. The Morgan fingerprint density at radius 2 is 1.15 bits per heavy atom. The summed E-state index contributed by atoms with van der Waals surface area (Å²) in [4.78, 5) is 39.5. The van der Waals surface area contributed by atoms with Crippen LogP contribution < -0.4 is 39.6 Å². The zero-order chi connectivity index (χ0) is 33.6. The standard InChI is InChI=1S/C31H31N3O14/c1-39-19-7-3-16(4-8-19)32-29(36)46-25-24(13-35)45-28(40-2)27(48-31(38)34-18-6-10-21-23(12-18)44-15-42-21)26(25)47-30(37)33-17-5-9-20-22(11-17)43-14-41-20/h3-12,24-28,35H,13-15H2,1-2H3,(H,32,36)(H,33,37)(H,34,38)/t24-,25-,26+,27+,28+/m1/s1. The number of hydrogen-bond acceptors (Lipinski definition) is 14. The highest BCUT2D eigenvalue weighted by atomic mass is 16.7. The third kappa shape index (κ3) is 7.33. The first kappa shape index (κ1) is 32.3. The Labute approximate surface area is 272 Å². The van der Waals surface area contributed by atoms with E-state index in [2.05, 4.69) is 16.0 Å². The maximum absolute atomic E-state index is 13.3. The zero-order valence-corrected chi connectivity index (χ0v) is 25.5. The molecule has 3 heterocycles. The lowest BCUT2D eigenvalue weighted by atomic mass is 9.98. The van der Waals surface area contributed by atoms with Crippen LogP contribution in [-0.2, 0) is 23.7 Å². The minimum Gasteiger partial charge on any atom is -0.497 e. The molecule has 0 bridgehead atoms. The van der Waals surface area contributed by atoms with Crippen LogP contribution >= 0.6 is 0 Å². The molecule has 1 saturated heterocycles. The highest BCUT2D eigenvalue weighted by Gasteiger charge is 2.53. The average molecular weight is 670 g/mol. The lowest BCUT2D eigenvalue weighted by Crippen LogP contribution is -2.63. The monoisotopic (exact) mass is 669 g/mol. The highest BCUT2D eigenvalue weighted by Crippen LogP contribution is 2.36. The van der Waals surface area contributed by atoms with E-state index in [1.165, 1.54) is 26.4 Å². The van der Waals surface area contributed by atoms with Crippen LogP contribution in [0.4, 0.5) is 31.4 Å². The number of aliphatic hydroxyl groups is 1. The summed E-state index contributed by atoms with van der Waals surface area (Å²) in [7, 11) is 2.76. The van der Waals surface area contributed by atoms with Gasteiger partial charge in [0, 0.05) is 36.3 Å². The number of carbonyl (C=O) groups excluding carboxylic acids is 3. The predicted octanol–water partition coefficient (Wildman–Crippen LogP) is 3.67. The van der Waals surface area contributed by atoms with Crippen LogP contribution in [0, 0.1) is 0 Å². The van der Waals surface area contributed by atoms with Gasteiger partial charge in [0.1, 0.15) is 11.9 Å². The van der Waals surface area contributed by atoms with Crippen molar-refractivity contribution in [2.45, 2.75) is 30.7 Å². The van der Waals surface area contributed by atoms with Crippen molar-refractivity contribution in [3.8, 4) is 28.7 Å². The maximum atomic E-state index is 13.3. The van der Waals surface area contributed by atoms with Crippen molar-refractivity contribution < 1.29 is 66.9 Å². The largest absolute Gasteiger partial charge is 0.497 e. The average Bonchev–Trinajstić information content (AvgIpc) is 3.75. The van der Waals surface area contributed by atoms with Crippen molar-refractivity contribution in [1.82, 2.24) is 0 Å². The molecule has 0 aromatic heterocycles. The van der Waals surface area contributed by atoms with Crippen LogP contribution in [0.1, 0.15) is 0 Å². The van der Waals surface area contributed by atoms with Crippen molar-refractivity contribution in [2.75, 3.05) is 50.4 Å². The Hall–Kier alpha value is -5.65. The number of anilines is 3. The maximum Gasteiger partial charge on any atom is 0.412 e. The van der Waals surface area contributed by atoms with Gasteiger partial charge in [-0.05, 0) is 48.5 Å². The van der Waals surface area contributed by atoms with E-state index in [1.54, 1.807) is 48.5 Å². The molecule has 4 N–H and O–H groups in total. The number of nitrogens with one attached hydrogen (secondary N) is 3. The fourth-order valence-corrected chi connectivity index (χ4v) is 5.05. The van der Waals surface area contributed by atoms with Crippen LogP contribution in [0.5, 0.6) is 28.7 Å². The van der Waals surface area contributed by atoms with E-state index in [9.17, 15) is 19.5 Å². The van der Waals surface area contributed by atoms with Crippen LogP contribution in [0.3, 0.4) is 0 Å². The van der Waals surface area contributed by atoms with E-state index in [1.807, 2.05) is 0 Å². The Kier molecular flexibility index (Phi) is 9.70. The van der Waals surface area contributed by atoms with Gasteiger partial charge in [-0.1, -0.05) is 0 Å². The van der Waals surface area contributed by atoms with Crippen LogP contribution in [0.25, 0.3) is 0 Å². The SMILES string of the molecule is COc1ccc(NC(=O)O[C@H]2[C@H](OC(=O)Nc3ccc4c(c3)OCO4)[C@H](OC(=O)Nc3ccc4c(c3)OCO4)[C@@H](OC)O[C@@H]2CO)cc1. The van der Waals surface area contributed by atoms with E-state index in [0.717, 1.165) is 0 Å². The van der Waals surface area contributed by atoms with Crippen molar-refractivity contribution in [3.05, 3.63) is 60.7 Å². The topological polar surface area (TPSA) is 200 Å². The Morgan fingerprint density at radius 3 is 1.67 bits per heavy atom. The van der Waals surface area contributed by atoms with Gasteiger partial charge in [0.15, 0.2) is 47.6 Å². The molecular formula is C31H31N3O14. The van der Waals surface area contributed by atoms with Gasteiger partial charge in [-0.2, -0.15) is 0 Å². The lowest BCUT2D eigenvalue weighted by Gasteiger charge is -2.43. The van der Waals surface area contributed by atoms with Gasteiger partial charge in [0.25, 0.3) is 0 Å². The number of fused-ring (bicyclic) bond motifs is 2. The molecule has 5 atom stereocenters. The van der Waals surface area contributed by atoms with Gasteiger partial charge in [0.05, 0.1) is 13.7 Å². The Bertz CT molecular complexity index is 1640. The highest BCUT2D eigenvalue weighted by molar-refractivity contribution is 5.87. The number of ether oxygens (including phenoxy) is 10. The first-order valence-corrected chi connectivity index (χ1v) is 14.5. The van der Waals surface area contributed by atoms with Crippen molar-refractivity contribution in [1.29, 1.82) is 0 Å². The number of methoxy groups -OCH3 is 2. The molecule has 3 aromatic rings. The molecular weight excluding hydrogens is 638 g/mol. The van der Waals surface area contributed by atoms with Crippen molar-refractivity contribution in [3.63, 3.8) is 0 Å². The molecule has 48 heavy (non-hydrogen) atoms. The lowest BCUT2D eigenvalue weighted by molar-refractivity contribution is -0.290. The molecule has 0 unspecified atom stereocenters. The van der Waals surface area contributed by atoms with Gasteiger partial charge in [0.2, 0.25) is 13.6 Å². The number of carbonyl (C=O) groups is 3. The van der Waals surface area contributed by atoms with Crippen LogP contribution in [0.2, 0.25) is 0 Å². The molecule has 3 aliphatic heterocycles. The molecule has 0 aliphatic carbocycles. The summed E-state index contributed by atoms with van der Waals surface area (Å²) in [6.07, 6.45) is -10.3. The summed E-state index contributed by atoms with van der Waals surface area (Å²) in [5.41, 5.74) is 0.931. The fraction of sp³-hybridized carbons (Fsp3) is 0.323. The van der Waals surface area contributed by atoms with E-state index >= 15 is 0 Å². The molecule has 254 valence electrons. The van der Waals surface area contributed by atoms with E-state index < -0.39 is 55.6 Å². The summed E-state index contributed by atoms with van der Waals surface area (Å²) in [5.74, 6) is 2.36. The molecule has 1 fully saturated rings. The van der Waals surface area contributed by atoms with Crippen LogP contribution in [0.15, 0.2) is 60.7 Å². The fourth-order valence-electron chi connectivity index (χ4n) is 5.05. The first-order chi connectivity index (χ1) is 23.3. The molecule has 0 spiro atoms. The quantitative estimate of drug-likeness (QED) is 0.241. The summed E-state index contributed by atoms with van der Waals surface area (Å²) in [6, 6.07) is 15.7. The normalized spacial score (nSPS) is 21.9. The minimum atomic E-state index is -1.57. The number of hydrogen-bond donors (Lipinski definition) is 4. The van der Waals surface area contributed by atoms with Crippen molar-refractivity contribution in [2.24, 2.45) is 0 Å². The third-order valence-electron chi connectivity index (χ3n) is 7.31. The van der Waals surface area contributed by atoms with Gasteiger partial charge in [-0.15, -0.1) is 0 Å². The van der Waals surface area contributed by atoms with Crippen molar-refractivity contribution >= 4 is 35.3 Å². The summed E-state index contributed by atoms with van der Waals surface area (Å²) >= 11 is 0. The van der Waals surface area contributed by atoms with E-state index in [0.29, 0.717) is 40.1 Å². The second-order valence-corrected chi connectivity index (χ2v) is 10.3. The molecule has 0 radical (unpaired) electrons. The van der Waals surface area contributed by atoms with Gasteiger partial charge in [-0.25, -0.2) is 14.4 Å². The number of benzene rings is 3. The third-order valence-corrected chi connectivity index (χ3v) is 7.31. The predicted molar refractivity (Wildman–Crippen MR) is 163 cm³/mol. The molecule has 3 amide bonds. The number of rotatable bonds is 9.